The molecule has 9 heteroatoms. The van der Waals surface area contributed by atoms with Crippen molar-refractivity contribution in [3.05, 3.63) is 35.5 Å². The molecule has 0 saturated heterocycles. The fraction of sp³-hybridized carbons (Fsp3) is 0.0909. The Balaban J connectivity index is 2.39. The second-order valence-electron chi connectivity index (χ2n) is 4.03. The summed E-state index contributed by atoms with van der Waals surface area (Å²) in [5, 5.41) is 24.5. The summed E-state index contributed by atoms with van der Waals surface area (Å²) in [5.41, 5.74) is 0.172. The SMILES string of the molecule is Cc1cc(NS(=O)(=O)c2ccc(O)c(C(=O)O)c2)n[nH]1. The molecule has 2 rings (SSSR count). The van der Waals surface area contributed by atoms with Crippen LogP contribution in [-0.4, -0.2) is 34.8 Å². The molecule has 0 unspecified atom stereocenters. The average molecular weight is 297 g/mol. The number of nitrogens with one attached hydrogen (secondary N) is 2. The maximum absolute atomic E-state index is 12.1. The molecular weight excluding hydrogens is 286 g/mol. The second-order valence-corrected chi connectivity index (χ2v) is 5.71. The number of aromatic carboxylic acids is 1. The van der Waals surface area contributed by atoms with Gasteiger partial charge in [0.15, 0.2) is 5.82 Å². The number of aryl methyl sites for hydroxylation is 1. The predicted molar refractivity (Wildman–Crippen MR) is 69.2 cm³/mol. The molecule has 0 atom stereocenters. The van der Waals surface area contributed by atoms with E-state index in [0.29, 0.717) is 5.69 Å². The number of carboxylic acid groups (broad SMARTS) is 1. The first-order valence-electron chi connectivity index (χ1n) is 5.41. The van der Waals surface area contributed by atoms with Crippen molar-refractivity contribution in [1.82, 2.24) is 10.2 Å². The summed E-state index contributed by atoms with van der Waals surface area (Å²) in [6.45, 7) is 1.70. The van der Waals surface area contributed by atoms with Gasteiger partial charge in [-0.2, -0.15) is 5.10 Å². The van der Waals surface area contributed by atoms with E-state index in [-0.39, 0.29) is 10.7 Å². The summed E-state index contributed by atoms with van der Waals surface area (Å²) >= 11 is 0. The molecule has 0 fully saturated rings. The molecule has 2 aromatic rings. The summed E-state index contributed by atoms with van der Waals surface area (Å²) in [5.74, 6) is -1.84. The van der Waals surface area contributed by atoms with E-state index in [0.717, 1.165) is 18.2 Å². The number of carboxylic acids is 1. The number of rotatable bonds is 4. The number of hydrogen-bond donors (Lipinski definition) is 4. The van der Waals surface area contributed by atoms with Crippen molar-refractivity contribution in [3.8, 4) is 5.75 Å². The van der Waals surface area contributed by atoms with E-state index >= 15 is 0 Å². The van der Waals surface area contributed by atoms with E-state index < -0.39 is 27.3 Å². The maximum Gasteiger partial charge on any atom is 0.339 e. The molecule has 8 nitrogen and oxygen atoms in total. The lowest BCUT2D eigenvalue weighted by Crippen LogP contribution is -2.14. The van der Waals surface area contributed by atoms with Crippen LogP contribution in [0.5, 0.6) is 5.75 Å². The van der Waals surface area contributed by atoms with Gasteiger partial charge in [0.25, 0.3) is 10.0 Å². The van der Waals surface area contributed by atoms with E-state index in [1.54, 1.807) is 6.92 Å². The third-order valence-corrected chi connectivity index (χ3v) is 3.81. The highest BCUT2D eigenvalue weighted by molar-refractivity contribution is 7.92. The minimum absolute atomic E-state index is 0.0902. The third-order valence-electron chi connectivity index (χ3n) is 2.45. The number of aromatic hydroxyl groups is 1. The summed E-state index contributed by atoms with van der Waals surface area (Å²) in [4.78, 5) is 10.6. The smallest absolute Gasteiger partial charge is 0.339 e. The Morgan fingerprint density at radius 2 is 2.05 bits per heavy atom. The van der Waals surface area contributed by atoms with E-state index in [1.165, 1.54) is 6.07 Å². The molecular formula is C11H11N3O5S. The monoisotopic (exact) mass is 297 g/mol. The number of phenols is 1. The van der Waals surface area contributed by atoms with Gasteiger partial charge in [0.2, 0.25) is 0 Å². The molecule has 1 aromatic heterocycles. The minimum atomic E-state index is -3.98. The topological polar surface area (TPSA) is 132 Å². The van der Waals surface area contributed by atoms with Crippen molar-refractivity contribution in [3.63, 3.8) is 0 Å². The Morgan fingerprint density at radius 1 is 1.35 bits per heavy atom. The number of carbonyl (C=O) groups is 1. The van der Waals surface area contributed by atoms with Crippen LogP contribution in [0.1, 0.15) is 16.1 Å². The van der Waals surface area contributed by atoms with Crippen LogP contribution in [0.2, 0.25) is 0 Å². The van der Waals surface area contributed by atoms with E-state index in [4.69, 9.17) is 5.11 Å². The normalized spacial score (nSPS) is 11.2. The Labute approximate surface area is 114 Å². The van der Waals surface area contributed by atoms with E-state index in [1.807, 2.05) is 0 Å². The van der Waals surface area contributed by atoms with Gasteiger partial charge in [-0.1, -0.05) is 0 Å². The van der Waals surface area contributed by atoms with Gasteiger partial charge in [-0.15, -0.1) is 0 Å². The Hall–Kier alpha value is -2.55. The number of hydrogen-bond acceptors (Lipinski definition) is 5. The molecule has 0 spiro atoms. The van der Waals surface area contributed by atoms with Gasteiger partial charge in [-0.3, -0.25) is 9.82 Å². The van der Waals surface area contributed by atoms with Crippen molar-refractivity contribution in [2.24, 2.45) is 0 Å². The van der Waals surface area contributed by atoms with Crippen molar-refractivity contribution in [2.75, 3.05) is 4.72 Å². The van der Waals surface area contributed by atoms with Crippen LogP contribution < -0.4 is 4.72 Å². The van der Waals surface area contributed by atoms with Gasteiger partial charge in [-0.05, 0) is 25.1 Å². The van der Waals surface area contributed by atoms with Crippen LogP contribution in [0.15, 0.2) is 29.2 Å². The molecule has 106 valence electrons. The predicted octanol–water partition coefficient (Wildman–Crippen LogP) is 0.923. The van der Waals surface area contributed by atoms with Crippen molar-refractivity contribution in [1.29, 1.82) is 0 Å². The fourth-order valence-corrected chi connectivity index (χ4v) is 2.54. The average Bonchev–Trinajstić information content (AvgIpc) is 2.73. The van der Waals surface area contributed by atoms with Gasteiger partial charge in [0.1, 0.15) is 11.3 Å². The molecule has 0 bridgehead atoms. The molecule has 4 N–H and O–H groups in total. The number of sulfonamides is 1. The van der Waals surface area contributed by atoms with E-state index in [2.05, 4.69) is 14.9 Å². The lowest BCUT2D eigenvalue weighted by molar-refractivity contribution is 0.0693. The largest absolute Gasteiger partial charge is 0.507 e. The Kier molecular flexibility index (Phi) is 3.36. The molecule has 20 heavy (non-hydrogen) atoms. The maximum atomic E-state index is 12.1. The number of aromatic nitrogens is 2. The third kappa shape index (κ3) is 2.72. The highest BCUT2D eigenvalue weighted by Crippen LogP contribution is 2.22. The van der Waals surface area contributed by atoms with Crippen LogP contribution in [0.4, 0.5) is 5.82 Å². The Bertz CT molecular complexity index is 766. The van der Waals surface area contributed by atoms with Gasteiger partial charge >= 0.3 is 5.97 Å². The first kappa shape index (κ1) is 13.9. The van der Waals surface area contributed by atoms with Crippen LogP contribution >= 0.6 is 0 Å². The molecule has 1 heterocycles. The Morgan fingerprint density at radius 3 is 2.60 bits per heavy atom. The van der Waals surface area contributed by atoms with Crippen LogP contribution in [0.3, 0.4) is 0 Å². The quantitative estimate of drug-likeness (QED) is 0.663. The first-order valence-corrected chi connectivity index (χ1v) is 6.89. The van der Waals surface area contributed by atoms with Gasteiger partial charge in [0, 0.05) is 11.8 Å². The van der Waals surface area contributed by atoms with Gasteiger partial charge < -0.3 is 10.2 Å². The van der Waals surface area contributed by atoms with Crippen molar-refractivity contribution >= 4 is 21.8 Å². The minimum Gasteiger partial charge on any atom is -0.507 e. The van der Waals surface area contributed by atoms with Crippen LogP contribution in [0, 0.1) is 6.92 Å². The zero-order valence-electron chi connectivity index (χ0n) is 10.3. The van der Waals surface area contributed by atoms with Crippen molar-refractivity contribution < 1.29 is 23.4 Å². The van der Waals surface area contributed by atoms with Gasteiger partial charge in [0.05, 0.1) is 4.90 Å². The van der Waals surface area contributed by atoms with Crippen LogP contribution in [-0.2, 0) is 10.0 Å². The zero-order chi connectivity index (χ0) is 14.9. The molecule has 0 radical (unpaired) electrons. The summed E-state index contributed by atoms with van der Waals surface area (Å²) < 4.78 is 26.3. The van der Waals surface area contributed by atoms with E-state index in [9.17, 15) is 18.3 Å². The number of H-pyrrole nitrogens is 1. The molecule has 0 aliphatic heterocycles. The lowest BCUT2D eigenvalue weighted by Gasteiger charge is -2.07. The molecule has 0 aliphatic rings. The summed E-state index contributed by atoms with van der Waals surface area (Å²) in [6, 6.07) is 4.47. The first-order chi connectivity index (χ1) is 9.29. The lowest BCUT2D eigenvalue weighted by atomic mass is 10.2. The summed E-state index contributed by atoms with van der Waals surface area (Å²) in [7, 11) is -3.98. The molecule has 0 amide bonds. The fourth-order valence-electron chi connectivity index (χ4n) is 1.52. The summed E-state index contributed by atoms with van der Waals surface area (Å²) in [6.07, 6.45) is 0. The van der Waals surface area contributed by atoms with Gasteiger partial charge in [-0.25, -0.2) is 13.2 Å². The molecule has 1 aromatic carbocycles. The second kappa shape index (κ2) is 4.85. The van der Waals surface area contributed by atoms with Crippen molar-refractivity contribution in [2.45, 2.75) is 11.8 Å². The molecule has 0 aliphatic carbocycles. The standard InChI is InChI=1S/C11H11N3O5S/c1-6-4-10(13-12-6)14-20(18,19)7-2-3-9(15)8(5-7)11(16)17/h2-5,15H,1H3,(H,16,17)(H2,12,13,14). The highest BCUT2D eigenvalue weighted by Gasteiger charge is 2.19. The number of benzene rings is 1. The number of nitrogens with zero attached hydrogens (tertiary/aromatic N) is 1. The van der Waals surface area contributed by atoms with Crippen LogP contribution in [0.25, 0.3) is 0 Å². The zero-order valence-corrected chi connectivity index (χ0v) is 11.1. The number of anilines is 1. The molecule has 0 saturated carbocycles. The highest BCUT2D eigenvalue weighted by atomic mass is 32.2. The number of aromatic amines is 1.